The molecule has 1 amide bonds. The third kappa shape index (κ3) is 4.96. The van der Waals surface area contributed by atoms with Crippen LogP contribution in [0.1, 0.15) is 15.9 Å². The molecule has 0 saturated heterocycles. The van der Waals surface area contributed by atoms with Crippen LogP contribution in [0.4, 0.5) is 0 Å². The van der Waals surface area contributed by atoms with Crippen molar-refractivity contribution in [2.45, 2.75) is 11.3 Å². The molecule has 7 heteroatoms. The molecule has 0 aliphatic rings. The monoisotopic (exact) mass is 371 g/mol. The summed E-state index contributed by atoms with van der Waals surface area (Å²) in [6.45, 7) is 0.403. The fourth-order valence-electron chi connectivity index (χ4n) is 1.98. The maximum absolute atomic E-state index is 12.2. The molecule has 0 saturated carbocycles. The summed E-state index contributed by atoms with van der Waals surface area (Å²) < 4.78 is 23.1. The van der Waals surface area contributed by atoms with Gasteiger partial charge in [0.25, 0.3) is 5.91 Å². The molecule has 0 spiro atoms. The summed E-state index contributed by atoms with van der Waals surface area (Å²) in [5, 5.41) is 3.59. The van der Waals surface area contributed by atoms with Crippen molar-refractivity contribution in [3.05, 3.63) is 63.6 Å². The fourth-order valence-corrected chi connectivity index (χ4v) is 2.95. The quantitative estimate of drug-likeness (QED) is 0.875. The molecule has 122 valence electrons. The topological polar surface area (TPSA) is 63.2 Å². The average Bonchev–Trinajstić information content (AvgIpc) is 2.48. The number of rotatable bonds is 5. The fraction of sp³-hybridized carbons (Fsp3) is 0.188. The first-order valence-corrected chi connectivity index (χ1v) is 9.44. The number of sulfone groups is 1. The Balaban J connectivity index is 2.04. The van der Waals surface area contributed by atoms with Gasteiger partial charge in [-0.1, -0.05) is 35.3 Å². The zero-order valence-corrected chi connectivity index (χ0v) is 14.7. The summed E-state index contributed by atoms with van der Waals surface area (Å²) >= 11 is 11.8. The van der Waals surface area contributed by atoms with Gasteiger partial charge in [0, 0.05) is 17.8 Å². The van der Waals surface area contributed by atoms with E-state index < -0.39 is 15.7 Å². The highest BCUT2D eigenvalue weighted by atomic mass is 35.5. The van der Waals surface area contributed by atoms with Gasteiger partial charge < -0.3 is 5.32 Å². The van der Waals surface area contributed by atoms with E-state index in [1.807, 2.05) is 12.1 Å². The number of carbonyl (C=O) groups is 1. The third-order valence-corrected chi connectivity index (χ3v) is 4.91. The van der Waals surface area contributed by atoms with E-state index in [0.29, 0.717) is 18.0 Å². The highest BCUT2D eigenvalue weighted by Crippen LogP contribution is 2.20. The Morgan fingerprint density at radius 3 is 2.35 bits per heavy atom. The number of hydrogen-bond donors (Lipinski definition) is 1. The molecule has 23 heavy (non-hydrogen) atoms. The minimum absolute atomic E-state index is 0.0600. The minimum atomic E-state index is -3.39. The summed E-state index contributed by atoms with van der Waals surface area (Å²) in [4.78, 5) is 12.2. The Hall–Kier alpha value is -1.56. The van der Waals surface area contributed by atoms with Crippen molar-refractivity contribution in [1.29, 1.82) is 0 Å². The van der Waals surface area contributed by atoms with Gasteiger partial charge in [-0.2, -0.15) is 0 Å². The lowest BCUT2D eigenvalue weighted by atomic mass is 10.1. The molecule has 2 aromatic rings. The Morgan fingerprint density at radius 1 is 1.09 bits per heavy atom. The van der Waals surface area contributed by atoms with E-state index in [9.17, 15) is 13.2 Å². The zero-order valence-electron chi connectivity index (χ0n) is 12.3. The summed E-state index contributed by atoms with van der Waals surface area (Å²) in [6.07, 6.45) is 1.71. The second-order valence-corrected chi connectivity index (χ2v) is 7.91. The number of hydrogen-bond acceptors (Lipinski definition) is 3. The van der Waals surface area contributed by atoms with Crippen LogP contribution in [0.25, 0.3) is 0 Å². The molecule has 2 aromatic carbocycles. The van der Waals surface area contributed by atoms with E-state index in [1.165, 1.54) is 18.2 Å². The molecule has 0 fully saturated rings. The van der Waals surface area contributed by atoms with Gasteiger partial charge in [-0.15, -0.1) is 0 Å². The SMILES string of the molecule is CS(=O)(=O)c1ccc(Cl)c(C(=O)NCCc2ccc(Cl)cc2)c1. The van der Waals surface area contributed by atoms with Crippen LogP contribution in [0.5, 0.6) is 0 Å². The maximum atomic E-state index is 12.2. The first-order chi connectivity index (χ1) is 10.8. The molecule has 0 aliphatic carbocycles. The largest absolute Gasteiger partial charge is 0.352 e. The van der Waals surface area contributed by atoms with E-state index in [0.717, 1.165) is 11.8 Å². The molecule has 1 N–H and O–H groups in total. The normalized spacial score (nSPS) is 11.3. The van der Waals surface area contributed by atoms with E-state index in [2.05, 4.69) is 5.32 Å². The number of carbonyl (C=O) groups excluding carboxylic acids is 1. The first kappa shape index (κ1) is 17.8. The number of benzene rings is 2. The molecule has 0 aromatic heterocycles. The molecule has 0 radical (unpaired) electrons. The van der Waals surface area contributed by atoms with Crippen molar-refractivity contribution in [3.63, 3.8) is 0 Å². The van der Waals surface area contributed by atoms with Crippen molar-refractivity contribution < 1.29 is 13.2 Å². The standard InChI is InChI=1S/C16H15Cl2NO3S/c1-23(21,22)13-6-7-15(18)14(10-13)16(20)19-9-8-11-2-4-12(17)5-3-11/h2-7,10H,8-9H2,1H3,(H,19,20). The van der Waals surface area contributed by atoms with Crippen LogP contribution >= 0.6 is 23.2 Å². The van der Waals surface area contributed by atoms with Crippen LogP contribution in [-0.4, -0.2) is 27.1 Å². The van der Waals surface area contributed by atoms with E-state index >= 15 is 0 Å². The lowest BCUT2D eigenvalue weighted by molar-refractivity contribution is 0.0954. The molecular weight excluding hydrogens is 357 g/mol. The lowest BCUT2D eigenvalue weighted by Gasteiger charge is -2.08. The number of amides is 1. The summed E-state index contributed by atoms with van der Waals surface area (Å²) in [5.74, 6) is -0.408. The number of halogens is 2. The van der Waals surface area contributed by atoms with E-state index in [-0.39, 0.29) is 15.5 Å². The number of nitrogens with one attached hydrogen (secondary N) is 1. The minimum Gasteiger partial charge on any atom is -0.352 e. The van der Waals surface area contributed by atoms with Gasteiger partial charge in [-0.05, 0) is 42.3 Å². The van der Waals surface area contributed by atoms with Crippen molar-refractivity contribution >= 4 is 38.9 Å². The zero-order chi connectivity index (χ0) is 17.0. The molecule has 0 unspecified atom stereocenters. The van der Waals surface area contributed by atoms with Gasteiger partial charge >= 0.3 is 0 Å². The van der Waals surface area contributed by atoms with Gasteiger partial charge in [0.2, 0.25) is 0 Å². The summed E-state index contributed by atoms with van der Waals surface area (Å²) in [7, 11) is -3.39. The van der Waals surface area contributed by atoms with Gasteiger partial charge in [0.15, 0.2) is 9.84 Å². The molecule has 4 nitrogen and oxygen atoms in total. The van der Waals surface area contributed by atoms with Crippen molar-refractivity contribution in [2.75, 3.05) is 12.8 Å². The molecule has 2 rings (SSSR count). The van der Waals surface area contributed by atoms with Gasteiger partial charge in [-0.25, -0.2) is 8.42 Å². The third-order valence-electron chi connectivity index (χ3n) is 3.22. The van der Waals surface area contributed by atoms with E-state index in [4.69, 9.17) is 23.2 Å². The summed E-state index contributed by atoms with van der Waals surface area (Å²) in [5.41, 5.74) is 1.18. The van der Waals surface area contributed by atoms with E-state index in [1.54, 1.807) is 12.1 Å². The van der Waals surface area contributed by atoms with Gasteiger partial charge in [-0.3, -0.25) is 4.79 Å². The highest BCUT2D eigenvalue weighted by molar-refractivity contribution is 7.90. The molecule has 0 aliphatic heterocycles. The highest BCUT2D eigenvalue weighted by Gasteiger charge is 2.15. The van der Waals surface area contributed by atoms with Crippen molar-refractivity contribution in [2.24, 2.45) is 0 Å². The van der Waals surface area contributed by atoms with Crippen LogP contribution in [0.3, 0.4) is 0 Å². The molecule has 0 atom stereocenters. The molecule has 0 bridgehead atoms. The Kier molecular flexibility index (Phi) is 5.68. The maximum Gasteiger partial charge on any atom is 0.252 e. The van der Waals surface area contributed by atoms with Crippen molar-refractivity contribution in [1.82, 2.24) is 5.32 Å². The Labute approximate surface area is 145 Å². The van der Waals surface area contributed by atoms with Gasteiger partial charge in [0.05, 0.1) is 15.5 Å². The predicted octanol–water partition coefficient (Wildman–Crippen LogP) is 3.37. The second-order valence-electron chi connectivity index (χ2n) is 5.05. The predicted molar refractivity (Wildman–Crippen MR) is 92.1 cm³/mol. The first-order valence-electron chi connectivity index (χ1n) is 6.79. The second kappa shape index (κ2) is 7.34. The Bertz CT molecular complexity index is 818. The Morgan fingerprint density at radius 2 is 1.74 bits per heavy atom. The molecule has 0 heterocycles. The average molecular weight is 372 g/mol. The lowest BCUT2D eigenvalue weighted by Crippen LogP contribution is -2.26. The molecular formula is C16H15Cl2NO3S. The van der Waals surface area contributed by atoms with Crippen LogP contribution in [0.2, 0.25) is 10.0 Å². The van der Waals surface area contributed by atoms with Crippen molar-refractivity contribution in [3.8, 4) is 0 Å². The van der Waals surface area contributed by atoms with Gasteiger partial charge in [0.1, 0.15) is 0 Å². The van der Waals surface area contributed by atoms with Crippen LogP contribution in [0.15, 0.2) is 47.4 Å². The smallest absolute Gasteiger partial charge is 0.252 e. The van der Waals surface area contributed by atoms with Crippen LogP contribution in [0, 0.1) is 0 Å². The summed E-state index contributed by atoms with van der Waals surface area (Å²) in [6, 6.07) is 11.4. The van der Waals surface area contributed by atoms with Crippen LogP contribution in [-0.2, 0) is 16.3 Å². The van der Waals surface area contributed by atoms with Crippen LogP contribution < -0.4 is 5.32 Å².